The second kappa shape index (κ2) is 16.6. The molecule has 0 radical (unpaired) electrons. The zero-order valence-corrected chi connectivity index (χ0v) is 16.5. The molecule has 0 atom stereocenters. The van der Waals surface area contributed by atoms with E-state index < -0.39 is 11.9 Å². The summed E-state index contributed by atoms with van der Waals surface area (Å²) in [5, 5.41) is 22.5. The molecule has 0 aliphatic heterocycles. The van der Waals surface area contributed by atoms with Crippen LogP contribution in [0.1, 0.15) is 13.8 Å². The molecule has 2 N–H and O–H groups in total. The molecule has 0 bridgehead atoms. The van der Waals surface area contributed by atoms with Crippen LogP contribution in [0.3, 0.4) is 0 Å². The minimum Gasteiger partial charge on any atom is -0.477 e. The Balaban J connectivity index is -0.0000000980. The third-order valence-electron chi connectivity index (χ3n) is 1.08. The smallest absolute Gasteiger partial charge is 0.353 e. The molecule has 0 heterocycles. The van der Waals surface area contributed by atoms with Gasteiger partial charge in [-0.15, -0.1) is 0 Å². The van der Waals surface area contributed by atoms with Crippen LogP contribution in [0.25, 0.3) is 0 Å². The Bertz CT molecular complexity index is 278. The molecule has 10 heteroatoms. The van der Waals surface area contributed by atoms with Crippen molar-refractivity contribution in [3.05, 3.63) is 0 Å². The van der Waals surface area contributed by atoms with Crippen LogP contribution >= 0.6 is 0 Å². The molecule has 100 valence electrons. The van der Waals surface area contributed by atoms with Crippen molar-refractivity contribution in [2.24, 2.45) is 10.3 Å². The number of nitrogens with zero attached hydrogens (tertiary/aromatic N) is 2. The number of carbonyl (C=O) groups is 2. The molecule has 0 aliphatic carbocycles. The number of carboxylic acid groups (broad SMARTS) is 2. The molecule has 0 saturated heterocycles. The van der Waals surface area contributed by atoms with Gasteiger partial charge in [0.1, 0.15) is 14.2 Å². The summed E-state index contributed by atoms with van der Waals surface area (Å²) in [4.78, 5) is 28.1. The van der Waals surface area contributed by atoms with Crippen molar-refractivity contribution in [1.29, 1.82) is 0 Å². The topological polar surface area (TPSA) is 118 Å². The van der Waals surface area contributed by atoms with Gasteiger partial charge in [-0.05, 0) is 13.8 Å². The Morgan fingerprint density at radius 3 is 1.17 bits per heavy atom. The van der Waals surface area contributed by atoms with Gasteiger partial charge in [0, 0.05) is 52.0 Å². The first-order valence-electron chi connectivity index (χ1n) is 3.98. The molecule has 0 amide bonds. The molecule has 8 nitrogen and oxygen atoms in total. The maximum Gasteiger partial charge on any atom is 0.353 e. The van der Waals surface area contributed by atoms with E-state index in [2.05, 4.69) is 20.0 Å². The number of hydrogen-bond acceptors (Lipinski definition) is 6. The average molecular weight is 504 g/mol. The van der Waals surface area contributed by atoms with Crippen molar-refractivity contribution in [1.82, 2.24) is 0 Å². The molecule has 0 aromatic rings. The van der Waals surface area contributed by atoms with Crippen LogP contribution in [0.2, 0.25) is 0 Å². The third-order valence-corrected chi connectivity index (χ3v) is 1.08. The van der Waals surface area contributed by atoms with Crippen molar-refractivity contribution in [2.75, 3.05) is 14.2 Å². The minimum absolute atomic E-state index is 0. The van der Waals surface area contributed by atoms with E-state index in [-0.39, 0.29) is 63.5 Å². The predicted molar refractivity (Wildman–Crippen MR) is 55.5 cm³/mol. The Labute approximate surface area is 142 Å². The second-order valence-electron chi connectivity index (χ2n) is 2.33. The number of hydrogen-bond donors (Lipinski definition) is 2. The van der Waals surface area contributed by atoms with Crippen LogP contribution in [0, 0.1) is 0 Å². The standard InChI is InChI=1S/2C4H7NO3.Hf.Zr/c2*1-3(4(6)7)5-8-2;;/h2*1-2H3,(H,6,7);;. The number of oxime groups is 2. The summed E-state index contributed by atoms with van der Waals surface area (Å²) >= 11 is 0. The normalized spacial score (nSPS) is 9.78. The van der Waals surface area contributed by atoms with Crippen molar-refractivity contribution >= 4 is 23.4 Å². The fraction of sp³-hybridized carbons (Fsp3) is 0.500. The molecule has 0 fully saturated rings. The van der Waals surface area contributed by atoms with E-state index in [9.17, 15) is 9.59 Å². The molecule has 0 spiro atoms. The second-order valence-corrected chi connectivity index (χ2v) is 2.33. The van der Waals surface area contributed by atoms with Gasteiger partial charge in [-0.3, -0.25) is 0 Å². The van der Waals surface area contributed by atoms with E-state index in [1.165, 1.54) is 28.1 Å². The van der Waals surface area contributed by atoms with Crippen molar-refractivity contribution < 1.29 is 81.5 Å². The molecule has 0 aliphatic rings. The van der Waals surface area contributed by atoms with E-state index in [0.29, 0.717) is 0 Å². The van der Waals surface area contributed by atoms with Gasteiger partial charge in [0.25, 0.3) is 0 Å². The quantitative estimate of drug-likeness (QED) is 0.321. The maximum atomic E-state index is 9.88. The summed E-state index contributed by atoms with van der Waals surface area (Å²) in [7, 11) is 2.60. The van der Waals surface area contributed by atoms with E-state index in [4.69, 9.17) is 10.2 Å². The van der Waals surface area contributed by atoms with E-state index in [1.807, 2.05) is 0 Å². The molecule has 0 aromatic heterocycles. The molecule has 0 unspecified atom stereocenters. The minimum atomic E-state index is -1.06. The molecular weight excluding hydrogens is 490 g/mol. The molecule has 0 aromatic carbocycles. The van der Waals surface area contributed by atoms with Gasteiger partial charge in [-0.25, -0.2) is 9.59 Å². The predicted octanol–water partition coefficient (Wildman–Crippen LogP) is 0.182. The van der Waals surface area contributed by atoms with Gasteiger partial charge in [0.2, 0.25) is 0 Å². The summed E-state index contributed by atoms with van der Waals surface area (Å²) in [5.74, 6) is -2.13. The molecule has 18 heavy (non-hydrogen) atoms. The average Bonchev–Trinajstić information content (AvgIpc) is 2.19. The van der Waals surface area contributed by atoms with E-state index in [0.717, 1.165) is 0 Å². The first-order valence-corrected chi connectivity index (χ1v) is 3.98. The first-order chi connectivity index (χ1) is 7.36. The summed E-state index contributed by atoms with van der Waals surface area (Å²) in [6.07, 6.45) is 0. The van der Waals surface area contributed by atoms with Crippen LogP contribution in [-0.2, 0) is 71.3 Å². The zero-order chi connectivity index (χ0) is 13.1. The largest absolute Gasteiger partial charge is 0.477 e. The fourth-order valence-corrected chi connectivity index (χ4v) is 0.352. The van der Waals surface area contributed by atoms with Crippen LogP contribution in [0.5, 0.6) is 0 Å². The van der Waals surface area contributed by atoms with E-state index in [1.54, 1.807) is 0 Å². The summed E-state index contributed by atoms with van der Waals surface area (Å²) < 4.78 is 0. The SMILES string of the molecule is CON=C(C)C(=O)O.CON=C(C)C(=O)O.[Hf].[Zr]. The van der Waals surface area contributed by atoms with Gasteiger partial charge in [0.05, 0.1) is 0 Å². The van der Waals surface area contributed by atoms with Gasteiger partial charge in [-0.1, -0.05) is 10.3 Å². The van der Waals surface area contributed by atoms with Crippen LogP contribution < -0.4 is 0 Å². The summed E-state index contributed by atoms with van der Waals surface area (Å²) in [5.41, 5.74) is -0.0972. The van der Waals surface area contributed by atoms with Crippen LogP contribution in [0.15, 0.2) is 10.3 Å². The summed E-state index contributed by atoms with van der Waals surface area (Å²) in [6, 6.07) is 0. The maximum absolute atomic E-state index is 9.88. The van der Waals surface area contributed by atoms with Crippen LogP contribution in [0.4, 0.5) is 0 Å². The molecular formula is C8H14HfN2O6Zr. The molecule has 0 rings (SSSR count). The van der Waals surface area contributed by atoms with Gasteiger partial charge in [0.15, 0.2) is 11.4 Å². The first kappa shape index (κ1) is 26.2. The Hall–Kier alpha value is -0.367. The number of aliphatic carboxylic acids is 2. The fourth-order valence-electron chi connectivity index (χ4n) is 0.352. The van der Waals surface area contributed by atoms with Crippen LogP contribution in [-0.4, -0.2) is 47.8 Å². The van der Waals surface area contributed by atoms with Gasteiger partial charge in [-0.2, -0.15) is 0 Å². The zero-order valence-electron chi connectivity index (χ0n) is 10.4. The van der Waals surface area contributed by atoms with Gasteiger partial charge < -0.3 is 19.9 Å². The number of carboxylic acids is 2. The monoisotopic (exact) mass is 504 g/mol. The Kier molecular flexibility index (Phi) is 24.3. The Morgan fingerprint density at radius 1 is 0.889 bits per heavy atom. The number of rotatable bonds is 4. The van der Waals surface area contributed by atoms with Crippen molar-refractivity contribution in [2.45, 2.75) is 13.8 Å². The van der Waals surface area contributed by atoms with Crippen molar-refractivity contribution in [3.8, 4) is 0 Å². The van der Waals surface area contributed by atoms with Gasteiger partial charge >= 0.3 is 11.9 Å². The molecule has 0 saturated carbocycles. The summed E-state index contributed by atoms with van der Waals surface area (Å²) in [6.45, 7) is 2.71. The Morgan fingerprint density at radius 2 is 1.11 bits per heavy atom. The third kappa shape index (κ3) is 18.0. The van der Waals surface area contributed by atoms with E-state index >= 15 is 0 Å². The van der Waals surface area contributed by atoms with Crippen molar-refractivity contribution in [3.63, 3.8) is 0 Å².